The molecule has 0 radical (unpaired) electrons. The van der Waals surface area contributed by atoms with E-state index in [1.165, 1.54) is 39.0 Å². The summed E-state index contributed by atoms with van der Waals surface area (Å²) in [5, 5.41) is 0. The zero-order chi connectivity index (χ0) is 17.1. The van der Waals surface area contributed by atoms with Gasteiger partial charge in [-0.1, -0.05) is 0 Å². The van der Waals surface area contributed by atoms with Gasteiger partial charge in [-0.3, -0.25) is 4.90 Å². The number of benzene rings is 1. The SMILES string of the molecule is COc1cc(N2CCC(N3CCN(C)CC3)CC2)c(OC)cc1N. The Kier molecular flexibility index (Phi) is 5.36. The van der Waals surface area contributed by atoms with E-state index in [1.807, 2.05) is 12.1 Å². The fourth-order valence-electron chi connectivity index (χ4n) is 3.81. The number of ether oxygens (including phenoxy) is 2. The largest absolute Gasteiger partial charge is 0.495 e. The van der Waals surface area contributed by atoms with Gasteiger partial charge in [-0.05, 0) is 19.9 Å². The molecule has 0 spiro atoms. The second-order valence-electron chi connectivity index (χ2n) is 6.82. The molecule has 2 fully saturated rings. The van der Waals surface area contributed by atoms with Crippen LogP contribution in [0.4, 0.5) is 11.4 Å². The molecule has 2 heterocycles. The summed E-state index contributed by atoms with van der Waals surface area (Å²) in [6, 6.07) is 4.57. The Morgan fingerprint density at radius 1 is 0.917 bits per heavy atom. The average molecular weight is 334 g/mol. The zero-order valence-electron chi connectivity index (χ0n) is 15.1. The Hall–Kier alpha value is -1.66. The monoisotopic (exact) mass is 334 g/mol. The van der Waals surface area contributed by atoms with E-state index >= 15 is 0 Å². The maximum atomic E-state index is 6.00. The molecule has 0 bridgehead atoms. The highest BCUT2D eigenvalue weighted by molar-refractivity contribution is 5.70. The number of piperidine rings is 1. The minimum atomic E-state index is 0.616. The maximum Gasteiger partial charge on any atom is 0.144 e. The number of anilines is 2. The van der Waals surface area contributed by atoms with Crippen molar-refractivity contribution in [2.24, 2.45) is 0 Å². The van der Waals surface area contributed by atoms with E-state index in [9.17, 15) is 0 Å². The van der Waals surface area contributed by atoms with Crippen LogP contribution in [0.15, 0.2) is 12.1 Å². The predicted octanol–water partition coefficient (Wildman–Crippen LogP) is 1.50. The first-order valence-corrected chi connectivity index (χ1v) is 8.81. The van der Waals surface area contributed by atoms with E-state index in [0.29, 0.717) is 17.5 Å². The highest BCUT2D eigenvalue weighted by atomic mass is 16.5. The van der Waals surface area contributed by atoms with Crippen LogP contribution in [0, 0.1) is 0 Å². The van der Waals surface area contributed by atoms with Gasteiger partial charge >= 0.3 is 0 Å². The molecule has 0 aromatic heterocycles. The summed E-state index contributed by atoms with van der Waals surface area (Å²) < 4.78 is 10.9. The molecule has 0 unspecified atom stereocenters. The summed E-state index contributed by atoms with van der Waals surface area (Å²) in [7, 11) is 5.56. The molecule has 2 saturated heterocycles. The first-order chi connectivity index (χ1) is 11.6. The molecule has 24 heavy (non-hydrogen) atoms. The maximum absolute atomic E-state index is 6.00. The van der Waals surface area contributed by atoms with E-state index in [0.717, 1.165) is 24.5 Å². The van der Waals surface area contributed by atoms with Crippen molar-refractivity contribution >= 4 is 11.4 Å². The van der Waals surface area contributed by atoms with Crippen molar-refractivity contribution in [2.75, 3.05) is 71.2 Å². The third-order valence-corrected chi connectivity index (χ3v) is 5.39. The lowest BCUT2D eigenvalue weighted by Crippen LogP contribution is -2.52. The van der Waals surface area contributed by atoms with Crippen LogP contribution in [0.2, 0.25) is 0 Å². The van der Waals surface area contributed by atoms with E-state index in [-0.39, 0.29) is 0 Å². The molecule has 6 heteroatoms. The summed E-state index contributed by atoms with van der Waals surface area (Å²) in [5.74, 6) is 1.54. The average Bonchev–Trinajstić information content (AvgIpc) is 2.62. The van der Waals surface area contributed by atoms with Gasteiger partial charge < -0.3 is 25.0 Å². The molecule has 1 aromatic carbocycles. The van der Waals surface area contributed by atoms with Crippen molar-refractivity contribution in [3.8, 4) is 11.5 Å². The quantitative estimate of drug-likeness (QED) is 0.842. The summed E-state index contributed by atoms with van der Waals surface area (Å²) in [4.78, 5) is 7.47. The molecule has 2 aliphatic rings. The van der Waals surface area contributed by atoms with Gasteiger partial charge in [0.15, 0.2) is 0 Å². The van der Waals surface area contributed by atoms with Crippen LogP contribution in [0.1, 0.15) is 12.8 Å². The van der Waals surface area contributed by atoms with E-state index in [1.54, 1.807) is 14.2 Å². The van der Waals surface area contributed by atoms with Crippen molar-refractivity contribution < 1.29 is 9.47 Å². The second-order valence-corrected chi connectivity index (χ2v) is 6.82. The van der Waals surface area contributed by atoms with Gasteiger partial charge in [0, 0.05) is 57.4 Å². The molecule has 0 amide bonds. The van der Waals surface area contributed by atoms with Crippen LogP contribution in [0.25, 0.3) is 0 Å². The van der Waals surface area contributed by atoms with Gasteiger partial charge in [0.05, 0.1) is 25.6 Å². The molecule has 3 rings (SSSR count). The Morgan fingerprint density at radius 2 is 1.54 bits per heavy atom. The fraction of sp³-hybridized carbons (Fsp3) is 0.667. The standard InChI is InChI=1S/C18H30N4O2/c1-20-8-10-21(11-9-20)14-4-6-22(7-5-14)16-13-17(23-2)15(19)12-18(16)24-3/h12-14H,4-11,19H2,1-3H3. The zero-order valence-corrected chi connectivity index (χ0v) is 15.1. The van der Waals surface area contributed by atoms with Gasteiger partial charge in [0.25, 0.3) is 0 Å². The van der Waals surface area contributed by atoms with Crippen LogP contribution in [-0.2, 0) is 0 Å². The number of nitrogens with zero attached hydrogens (tertiary/aromatic N) is 3. The molecule has 2 aliphatic heterocycles. The third kappa shape index (κ3) is 3.54. The van der Waals surface area contributed by atoms with Gasteiger partial charge in [0.2, 0.25) is 0 Å². The lowest BCUT2D eigenvalue weighted by molar-refractivity contribution is 0.0981. The fourth-order valence-corrected chi connectivity index (χ4v) is 3.81. The smallest absolute Gasteiger partial charge is 0.144 e. The molecular weight excluding hydrogens is 304 g/mol. The highest BCUT2D eigenvalue weighted by Crippen LogP contribution is 2.38. The summed E-state index contributed by atoms with van der Waals surface area (Å²) in [6.07, 6.45) is 2.39. The number of hydrogen-bond donors (Lipinski definition) is 1. The minimum Gasteiger partial charge on any atom is -0.495 e. The van der Waals surface area contributed by atoms with Gasteiger partial charge in [-0.15, -0.1) is 0 Å². The second kappa shape index (κ2) is 7.49. The van der Waals surface area contributed by atoms with E-state index < -0.39 is 0 Å². The van der Waals surface area contributed by atoms with E-state index in [2.05, 4.69) is 21.7 Å². The van der Waals surface area contributed by atoms with Crippen LogP contribution in [0.3, 0.4) is 0 Å². The van der Waals surface area contributed by atoms with Crippen molar-refractivity contribution in [1.82, 2.24) is 9.80 Å². The molecule has 0 aliphatic carbocycles. The van der Waals surface area contributed by atoms with Gasteiger partial charge in [-0.25, -0.2) is 0 Å². The number of likely N-dealkylation sites (N-methyl/N-ethyl adjacent to an activating group) is 1. The van der Waals surface area contributed by atoms with Crippen molar-refractivity contribution in [3.63, 3.8) is 0 Å². The van der Waals surface area contributed by atoms with Crippen molar-refractivity contribution in [3.05, 3.63) is 12.1 Å². The lowest BCUT2D eigenvalue weighted by Gasteiger charge is -2.42. The van der Waals surface area contributed by atoms with Gasteiger partial charge in [-0.2, -0.15) is 0 Å². The molecule has 1 aromatic rings. The first kappa shape index (κ1) is 17.2. The topological polar surface area (TPSA) is 54.2 Å². The third-order valence-electron chi connectivity index (χ3n) is 5.39. The number of rotatable bonds is 4. The Morgan fingerprint density at radius 3 is 2.12 bits per heavy atom. The molecule has 2 N–H and O–H groups in total. The summed E-state index contributed by atoms with van der Waals surface area (Å²) in [5.41, 5.74) is 7.70. The number of hydrogen-bond acceptors (Lipinski definition) is 6. The van der Waals surface area contributed by atoms with Crippen LogP contribution in [-0.4, -0.2) is 76.4 Å². The number of nitrogens with two attached hydrogens (primary N) is 1. The number of methoxy groups -OCH3 is 2. The van der Waals surface area contributed by atoms with Crippen molar-refractivity contribution in [2.45, 2.75) is 18.9 Å². The highest BCUT2D eigenvalue weighted by Gasteiger charge is 2.28. The Balaban J connectivity index is 1.66. The van der Waals surface area contributed by atoms with Crippen LogP contribution < -0.4 is 20.1 Å². The molecule has 0 atom stereocenters. The molecule has 0 saturated carbocycles. The van der Waals surface area contributed by atoms with E-state index in [4.69, 9.17) is 15.2 Å². The lowest BCUT2D eigenvalue weighted by atomic mass is 10.0. The first-order valence-electron chi connectivity index (χ1n) is 8.81. The normalized spacial score (nSPS) is 21.0. The molecule has 6 nitrogen and oxygen atoms in total. The minimum absolute atomic E-state index is 0.616. The Labute approximate surface area is 145 Å². The molecular formula is C18H30N4O2. The van der Waals surface area contributed by atoms with Gasteiger partial charge in [0.1, 0.15) is 11.5 Å². The number of piperazine rings is 1. The molecule has 134 valence electrons. The van der Waals surface area contributed by atoms with Crippen molar-refractivity contribution in [1.29, 1.82) is 0 Å². The Bertz CT molecular complexity index is 550. The predicted molar refractivity (Wildman–Crippen MR) is 98.3 cm³/mol. The summed E-state index contributed by atoms with van der Waals surface area (Å²) in [6.45, 7) is 6.84. The number of nitrogen functional groups attached to an aromatic ring is 1. The van der Waals surface area contributed by atoms with Crippen LogP contribution >= 0.6 is 0 Å². The van der Waals surface area contributed by atoms with Crippen LogP contribution in [0.5, 0.6) is 11.5 Å². The summed E-state index contributed by atoms with van der Waals surface area (Å²) >= 11 is 0.